The van der Waals surface area contributed by atoms with Crippen LogP contribution in [-0.2, 0) is 6.54 Å². The Morgan fingerprint density at radius 1 is 1.39 bits per heavy atom. The summed E-state index contributed by atoms with van der Waals surface area (Å²) in [5, 5.41) is 6.56. The lowest BCUT2D eigenvalue weighted by atomic mass is 10.2. The lowest BCUT2D eigenvalue weighted by molar-refractivity contribution is 0.242. The average molecular weight is 247 g/mol. The highest BCUT2D eigenvalue weighted by molar-refractivity contribution is 5.81. The van der Waals surface area contributed by atoms with Crippen LogP contribution in [0.4, 0.5) is 0 Å². The average Bonchev–Trinajstić information content (AvgIpc) is 2.74. The fourth-order valence-electron chi connectivity index (χ4n) is 1.80. The van der Waals surface area contributed by atoms with Crippen LogP contribution in [0.25, 0.3) is 0 Å². The summed E-state index contributed by atoms with van der Waals surface area (Å²) in [6.07, 6.45) is 0.215. The maximum absolute atomic E-state index is 5.60. The summed E-state index contributed by atoms with van der Waals surface area (Å²) in [4.78, 5) is 4.36. The minimum atomic E-state index is 0.215. The maximum Gasteiger partial charge on any atom is 0.191 e. The van der Waals surface area contributed by atoms with Crippen molar-refractivity contribution in [2.45, 2.75) is 39.5 Å². The van der Waals surface area contributed by atoms with Gasteiger partial charge in [-0.05, 0) is 38.5 Å². The van der Waals surface area contributed by atoms with Crippen LogP contribution in [0.15, 0.2) is 29.3 Å². The molecule has 0 aromatic heterocycles. The number of ether oxygens (including phenoxy) is 1. The monoisotopic (exact) mass is 247 g/mol. The van der Waals surface area contributed by atoms with Gasteiger partial charge in [0, 0.05) is 12.6 Å². The third-order valence-electron chi connectivity index (χ3n) is 2.66. The number of hydrogen-bond donors (Lipinski definition) is 2. The third kappa shape index (κ3) is 3.65. The van der Waals surface area contributed by atoms with E-state index in [-0.39, 0.29) is 6.10 Å². The third-order valence-corrected chi connectivity index (χ3v) is 2.66. The second-order valence-electron chi connectivity index (χ2n) is 4.90. The van der Waals surface area contributed by atoms with Crippen molar-refractivity contribution in [2.24, 2.45) is 4.99 Å². The number of guanidine groups is 1. The van der Waals surface area contributed by atoms with Crippen molar-refractivity contribution in [2.75, 3.05) is 6.54 Å². The fourth-order valence-corrected chi connectivity index (χ4v) is 1.80. The molecular formula is C14H21N3O. The molecule has 18 heavy (non-hydrogen) atoms. The van der Waals surface area contributed by atoms with Crippen molar-refractivity contribution in [1.29, 1.82) is 0 Å². The first-order chi connectivity index (χ1) is 8.63. The van der Waals surface area contributed by atoms with E-state index in [0.29, 0.717) is 6.04 Å². The predicted molar refractivity (Wildman–Crippen MR) is 73.9 cm³/mol. The molecule has 0 aliphatic carbocycles. The van der Waals surface area contributed by atoms with Gasteiger partial charge in [0.1, 0.15) is 5.75 Å². The molecule has 0 radical (unpaired) electrons. The zero-order valence-electron chi connectivity index (χ0n) is 11.2. The van der Waals surface area contributed by atoms with Crippen molar-refractivity contribution in [3.05, 3.63) is 29.8 Å². The van der Waals surface area contributed by atoms with Gasteiger partial charge in [-0.1, -0.05) is 12.1 Å². The van der Waals surface area contributed by atoms with Gasteiger partial charge in [0.2, 0.25) is 0 Å². The molecule has 0 saturated carbocycles. The molecule has 0 fully saturated rings. The van der Waals surface area contributed by atoms with E-state index in [4.69, 9.17) is 4.74 Å². The van der Waals surface area contributed by atoms with E-state index in [1.165, 1.54) is 5.56 Å². The SMILES string of the molecule is CC1CN=C(NCc2ccc(OC(C)C)cc2)N1. The Bertz CT molecular complexity index is 412. The first kappa shape index (κ1) is 12.7. The van der Waals surface area contributed by atoms with Crippen LogP contribution in [0.5, 0.6) is 5.75 Å². The topological polar surface area (TPSA) is 45.7 Å². The van der Waals surface area contributed by atoms with Gasteiger partial charge in [-0.15, -0.1) is 0 Å². The van der Waals surface area contributed by atoms with Gasteiger partial charge in [-0.2, -0.15) is 0 Å². The smallest absolute Gasteiger partial charge is 0.191 e. The van der Waals surface area contributed by atoms with Gasteiger partial charge >= 0.3 is 0 Å². The number of hydrogen-bond acceptors (Lipinski definition) is 4. The summed E-state index contributed by atoms with van der Waals surface area (Å²) in [7, 11) is 0. The minimum absolute atomic E-state index is 0.215. The standard InChI is InChI=1S/C14H21N3O/c1-10(2)18-13-6-4-12(5-7-13)9-16-14-15-8-11(3)17-14/h4-7,10-11H,8-9H2,1-3H3,(H2,15,16,17). The Kier molecular flexibility index (Phi) is 4.07. The molecule has 4 heteroatoms. The van der Waals surface area contributed by atoms with Gasteiger partial charge in [-0.3, -0.25) is 4.99 Å². The van der Waals surface area contributed by atoms with Crippen molar-refractivity contribution in [1.82, 2.24) is 10.6 Å². The van der Waals surface area contributed by atoms with Gasteiger partial charge in [0.25, 0.3) is 0 Å². The molecule has 1 heterocycles. The van der Waals surface area contributed by atoms with Crippen LogP contribution in [0.2, 0.25) is 0 Å². The largest absolute Gasteiger partial charge is 0.491 e. The zero-order valence-corrected chi connectivity index (χ0v) is 11.2. The summed E-state index contributed by atoms with van der Waals surface area (Å²) in [6, 6.07) is 8.59. The van der Waals surface area contributed by atoms with Crippen molar-refractivity contribution in [3.63, 3.8) is 0 Å². The molecule has 1 atom stereocenters. The van der Waals surface area contributed by atoms with Gasteiger partial charge < -0.3 is 15.4 Å². The molecule has 1 aliphatic heterocycles. The van der Waals surface area contributed by atoms with Gasteiger partial charge in [0.05, 0.1) is 12.6 Å². The first-order valence-corrected chi connectivity index (χ1v) is 6.44. The predicted octanol–water partition coefficient (Wildman–Crippen LogP) is 1.91. The normalized spacial score (nSPS) is 18.4. The molecule has 1 aromatic rings. The van der Waals surface area contributed by atoms with Crippen LogP contribution in [-0.4, -0.2) is 24.7 Å². The van der Waals surface area contributed by atoms with E-state index in [1.54, 1.807) is 0 Å². The summed E-state index contributed by atoms with van der Waals surface area (Å²) < 4.78 is 5.60. The molecular weight excluding hydrogens is 226 g/mol. The molecule has 2 rings (SSSR count). The Balaban J connectivity index is 1.83. The van der Waals surface area contributed by atoms with Crippen LogP contribution in [0.1, 0.15) is 26.3 Å². The zero-order chi connectivity index (χ0) is 13.0. The summed E-state index contributed by atoms with van der Waals surface area (Å²) >= 11 is 0. The van der Waals surface area contributed by atoms with Crippen molar-refractivity contribution < 1.29 is 4.74 Å². The highest BCUT2D eigenvalue weighted by Crippen LogP contribution is 2.13. The Morgan fingerprint density at radius 2 is 2.11 bits per heavy atom. The molecule has 0 amide bonds. The quantitative estimate of drug-likeness (QED) is 0.854. The summed E-state index contributed by atoms with van der Waals surface area (Å²) in [5.41, 5.74) is 1.22. The molecule has 0 spiro atoms. The Hall–Kier alpha value is -1.71. The summed E-state index contributed by atoms with van der Waals surface area (Å²) in [6.45, 7) is 7.81. The van der Waals surface area contributed by atoms with Crippen LogP contribution >= 0.6 is 0 Å². The maximum atomic E-state index is 5.60. The molecule has 0 bridgehead atoms. The van der Waals surface area contributed by atoms with E-state index in [0.717, 1.165) is 24.8 Å². The number of rotatable bonds is 4. The molecule has 1 aromatic carbocycles. The van der Waals surface area contributed by atoms with Crippen molar-refractivity contribution >= 4 is 5.96 Å². The second-order valence-corrected chi connectivity index (χ2v) is 4.90. The molecule has 1 aliphatic rings. The Labute approximate surface area is 108 Å². The molecule has 0 saturated heterocycles. The first-order valence-electron chi connectivity index (χ1n) is 6.44. The lowest BCUT2D eigenvalue weighted by Gasteiger charge is -2.11. The minimum Gasteiger partial charge on any atom is -0.491 e. The number of nitrogens with zero attached hydrogens (tertiary/aromatic N) is 1. The number of nitrogens with one attached hydrogen (secondary N) is 2. The molecule has 2 N–H and O–H groups in total. The fraction of sp³-hybridized carbons (Fsp3) is 0.500. The van der Waals surface area contributed by atoms with E-state index < -0.39 is 0 Å². The molecule has 4 nitrogen and oxygen atoms in total. The lowest BCUT2D eigenvalue weighted by Crippen LogP contribution is -2.37. The van der Waals surface area contributed by atoms with Gasteiger partial charge in [-0.25, -0.2) is 0 Å². The van der Waals surface area contributed by atoms with Crippen LogP contribution in [0, 0.1) is 0 Å². The number of benzene rings is 1. The van der Waals surface area contributed by atoms with Gasteiger partial charge in [0.15, 0.2) is 5.96 Å². The van der Waals surface area contributed by atoms with Crippen LogP contribution < -0.4 is 15.4 Å². The second kappa shape index (κ2) is 5.76. The highest BCUT2D eigenvalue weighted by atomic mass is 16.5. The van der Waals surface area contributed by atoms with E-state index >= 15 is 0 Å². The van der Waals surface area contributed by atoms with Crippen molar-refractivity contribution in [3.8, 4) is 5.75 Å². The number of aliphatic imine (C=N–C) groups is 1. The highest BCUT2D eigenvalue weighted by Gasteiger charge is 2.11. The van der Waals surface area contributed by atoms with E-state index in [2.05, 4.69) is 34.7 Å². The van der Waals surface area contributed by atoms with E-state index in [9.17, 15) is 0 Å². The summed E-state index contributed by atoms with van der Waals surface area (Å²) in [5.74, 6) is 1.81. The Morgan fingerprint density at radius 3 is 2.67 bits per heavy atom. The van der Waals surface area contributed by atoms with Crippen LogP contribution in [0.3, 0.4) is 0 Å². The molecule has 98 valence electrons. The molecule has 1 unspecified atom stereocenters. The van der Waals surface area contributed by atoms with E-state index in [1.807, 2.05) is 26.0 Å².